The van der Waals surface area contributed by atoms with E-state index in [1.165, 1.54) is 0 Å². The molecule has 4 aliphatic rings. The second-order valence-electron chi connectivity index (χ2n) is 10.8. The fourth-order valence-electron chi connectivity index (χ4n) is 7.64. The van der Waals surface area contributed by atoms with Crippen LogP contribution in [0.3, 0.4) is 0 Å². The molecule has 4 saturated carbocycles. The summed E-state index contributed by atoms with van der Waals surface area (Å²) < 4.78 is 0. The fourth-order valence-corrected chi connectivity index (χ4v) is 7.64. The molecule has 7 heteroatoms. The summed E-state index contributed by atoms with van der Waals surface area (Å²) in [5.74, 6) is 0.380. The van der Waals surface area contributed by atoms with Gasteiger partial charge >= 0.3 is 0 Å². The summed E-state index contributed by atoms with van der Waals surface area (Å²) >= 11 is 0. The van der Waals surface area contributed by atoms with Crippen molar-refractivity contribution in [3.63, 3.8) is 0 Å². The zero-order valence-corrected chi connectivity index (χ0v) is 18.9. The molecule has 0 bridgehead atoms. The molecular weight excluding hydrogens is 409 g/mol. The second kappa shape index (κ2) is 9.91. The Bertz CT molecular complexity index is 672. The minimum atomic E-state index is -1.58. The molecule has 0 heterocycles. The van der Waals surface area contributed by atoms with Crippen molar-refractivity contribution in [3.05, 3.63) is 0 Å². The highest BCUT2D eigenvalue weighted by Crippen LogP contribution is 2.67. The van der Waals surface area contributed by atoms with Crippen LogP contribution in [0.2, 0.25) is 0 Å². The van der Waals surface area contributed by atoms with Gasteiger partial charge in [0.05, 0.1) is 6.10 Å². The lowest BCUT2D eigenvalue weighted by atomic mass is 9.44. The lowest BCUT2D eigenvalue weighted by Crippen LogP contribution is -2.62. The van der Waals surface area contributed by atoms with E-state index < -0.39 is 23.4 Å². The van der Waals surface area contributed by atoms with Crippen LogP contribution in [0.4, 0.5) is 0 Å². The van der Waals surface area contributed by atoms with Gasteiger partial charge < -0.3 is 21.1 Å². The van der Waals surface area contributed by atoms with E-state index in [2.05, 4.69) is 13.8 Å². The number of hydrogen-bond donors (Lipinski definition) is 4. The zero-order chi connectivity index (χ0) is 22.3. The number of ketones is 2. The molecule has 0 amide bonds. The number of hydrogen-bond acceptors (Lipinski definition) is 6. The van der Waals surface area contributed by atoms with Gasteiger partial charge in [-0.2, -0.15) is 0 Å². The number of carbonyl (C=O) groups is 2. The van der Waals surface area contributed by atoms with E-state index >= 15 is 0 Å². The third kappa shape index (κ3) is 4.20. The molecule has 5 N–H and O–H groups in total. The number of nitrogens with two attached hydrogens (primary N) is 1. The number of fused-ring (bicyclic) bond motifs is 5. The average molecular weight is 454 g/mol. The van der Waals surface area contributed by atoms with Gasteiger partial charge in [-0.15, -0.1) is 0 Å². The Labute approximate surface area is 197 Å². The Morgan fingerprint density at radius 1 is 1.16 bits per heavy atom. The largest absolute Gasteiger partial charge is 0.393 e. The van der Waals surface area contributed by atoms with Gasteiger partial charge in [0.2, 0.25) is 0 Å². The van der Waals surface area contributed by atoms with Gasteiger partial charge in [-0.05, 0) is 81.1 Å². The van der Waals surface area contributed by atoms with Crippen LogP contribution in [0.15, 0.2) is 0 Å². The van der Waals surface area contributed by atoms with Crippen LogP contribution in [-0.4, -0.2) is 69.1 Å². The molecule has 0 aromatic heterocycles. The highest BCUT2D eigenvalue weighted by Gasteiger charge is 2.68. The second-order valence-corrected chi connectivity index (χ2v) is 10.8. The standard InChI is InChI=1S/C21H32O5.C3H9N.Al.3H/c1-19-7-5-13(23)9-12(19)3-4-14-15-6-8-21(26,17(25)11-22)20(15,2)10-16(24)18(14)19;1-2-3-4;;;;/h12-15,18,22-23,26H,3-11H2,1-2H3;2-4H2,1H3;;;;/t12-,13-,14+,15+,18-,19+,20+,21+;;;;;/m1...../s1. The van der Waals surface area contributed by atoms with Gasteiger partial charge in [0, 0.05) is 17.8 Å². The van der Waals surface area contributed by atoms with Gasteiger partial charge in [0.1, 0.15) is 18.0 Å². The molecule has 0 spiro atoms. The Morgan fingerprint density at radius 3 is 2.39 bits per heavy atom. The topological polar surface area (TPSA) is 121 Å². The third-order valence-electron chi connectivity index (χ3n) is 9.37. The van der Waals surface area contributed by atoms with Gasteiger partial charge in [-0.3, -0.25) is 9.59 Å². The number of aliphatic hydroxyl groups is 3. The van der Waals surface area contributed by atoms with Crippen LogP contribution in [0, 0.1) is 34.5 Å². The molecule has 8 atom stereocenters. The first-order chi connectivity index (χ1) is 14.1. The Morgan fingerprint density at radius 2 is 1.81 bits per heavy atom. The van der Waals surface area contributed by atoms with Gasteiger partial charge in [0.25, 0.3) is 0 Å². The number of rotatable bonds is 3. The minimum absolute atomic E-state index is 0. The Balaban J connectivity index is 0.000000631. The number of aliphatic hydroxyl groups excluding tert-OH is 2. The third-order valence-corrected chi connectivity index (χ3v) is 9.37. The van der Waals surface area contributed by atoms with E-state index in [1.54, 1.807) is 0 Å². The minimum Gasteiger partial charge on any atom is -0.393 e. The number of carbonyl (C=O) groups excluding carboxylic acids is 2. The molecule has 6 nitrogen and oxygen atoms in total. The highest BCUT2D eigenvalue weighted by molar-refractivity contribution is 5.92. The lowest BCUT2D eigenvalue weighted by molar-refractivity contribution is -0.180. The summed E-state index contributed by atoms with van der Waals surface area (Å²) in [6.45, 7) is 6.34. The smallest absolute Gasteiger partial charge is 0.190 e. The maximum atomic E-state index is 13.4. The zero-order valence-electron chi connectivity index (χ0n) is 18.9. The molecule has 0 aromatic rings. The van der Waals surface area contributed by atoms with Crippen molar-refractivity contribution in [1.82, 2.24) is 0 Å². The molecule has 0 radical (unpaired) electrons. The summed E-state index contributed by atoms with van der Waals surface area (Å²) in [5.41, 5.74) is 2.62. The van der Waals surface area contributed by atoms with Crippen molar-refractivity contribution in [2.24, 2.45) is 40.2 Å². The Hall–Kier alpha value is -0.288. The molecule has 4 fully saturated rings. The number of Topliss-reactive ketones (excluding diaryl/α,β-unsaturated/α-hetero) is 2. The molecule has 4 rings (SSSR count). The maximum Gasteiger partial charge on any atom is 0.190 e. The lowest BCUT2D eigenvalue weighted by Gasteiger charge is -2.60. The molecule has 4 aliphatic carbocycles. The van der Waals surface area contributed by atoms with Crippen molar-refractivity contribution in [2.45, 2.75) is 90.3 Å². The summed E-state index contributed by atoms with van der Waals surface area (Å²) in [7, 11) is 0. The van der Waals surface area contributed by atoms with Crippen LogP contribution in [0.1, 0.15) is 78.6 Å². The first-order valence-electron chi connectivity index (χ1n) is 11.9. The first kappa shape index (κ1) is 27.0. The molecule has 0 aromatic carbocycles. The van der Waals surface area contributed by atoms with Crippen molar-refractivity contribution in [1.29, 1.82) is 0 Å². The predicted molar refractivity (Wildman–Crippen MR) is 124 cm³/mol. The first-order valence-corrected chi connectivity index (χ1v) is 11.9. The summed E-state index contributed by atoms with van der Waals surface area (Å²) in [4.78, 5) is 25.7. The quantitative estimate of drug-likeness (QED) is 0.474. The molecular formula is C24H44AlNO5. The SMILES string of the molecule is CCCN.C[C@]12CC[C@@H](O)C[C@H]1CC[C@@H]1[C@@H]2C(=O)C[C@@]2(C)[C@H]1CC[C@]2(O)C(=O)CO.[AlH3]. The van der Waals surface area contributed by atoms with Crippen LogP contribution >= 0.6 is 0 Å². The van der Waals surface area contributed by atoms with Gasteiger partial charge in [-0.1, -0.05) is 20.8 Å². The summed E-state index contributed by atoms with van der Waals surface area (Å²) in [6.07, 6.45) is 6.57. The van der Waals surface area contributed by atoms with Crippen LogP contribution in [-0.2, 0) is 9.59 Å². The molecule has 31 heavy (non-hydrogen) atoms. The Kier molecular flexibility index (Phi) is 8.62. The fraction of sp³-hybridized carbons (Fsp3) is 0.917. The monoisotopic (exact) mass is 453 g/mol. The predicted octanol–water partition coefficient (Wildman–Crippen LogP) is 1.03. The highest BCUT2D eigenvalue weighted by atomic mass is 27.0. The molecule has 178 valence electrons. The van der Waals surface area contributed by atoms with Crippen molar-refractivity contribution >= 4 is 28.9 Å². The van der Waals surface area contributed by atoms with E-state index in [1.807, 2.05) is 6.92 Å². The maximum absolute atomic E-state index is 13.4. The van der Waals surface area contributed by atoms with Crippen LogP contribution in [0.5, 0.6) is 0 Å². The van der Waals surface area contributed by atoms with Crippen molar-refractivity contribution in [3.8, 4) is 0 Å². The van der Waals surface area contributed by atoms with E-state index in [9.17, 15) is 24.9 Å². The van der Waals surface area contributed by atoms with Gasteiger partial charge in [0.15, 0.2) is 23.1 Å². The van der Waals surface area contributed by atoms with E-state index in [-0.39, 0.29) is 58.8 Å². The van der Waals surface area contributed by atoms with E-state index in [0.717, 1.165) is 51.5 Å². The molecule has 0 saturated heterocycles. The normalized spacial score (nSPS) is 45.9. The molecule has 0 unspecified atom stereocenters. The summed E-state index contributed by atoms with van der Waals surface area (Å²) in [6, 6.07) is 0. The van der Waals surface area contributed by atoms with Crippen molar-refractivity contribution in [2.75, 3.05) is 13.2 Å². The van der Waals surface area contributed by atoms with E-state index in [4.69, 9.17) is 5.73 Å². The van der Waals surface area contributed by atoms with Gasteiger partial charge in [-0.25, -0.2) is 0 Å². The van der Waals surface area contributed by atoms with Crippen LogP contribution in [0.25, 0.3) is 0 Å². The van der Waals surface area contributed by atoms with Crippen LogP contribution < -0.4 is 5.73 Å². The molecule has 0 aliphatic heterocycles. The van der Waals surface area contributed by atoms with Crippen molar-refractivity contribution < 1.29 is 24.9 Å². The average Bonchev–Trinajstić information content (AvgIpc) is 2.99. The van der Waals surface area contributed by atoms with E-state index in [0.29, 0.717) is 12.3 Å². The summed E-state index contributed by atoms with van der Waals surface area (Å²) in [5, 5.41) is 30.6.